The number of carbonyl (C=O) groups excluding carboxylic acids is 1. The third kappa shape index (κ3) is 4.65. The van der Waals surface area contributed by atoms with Crippen LogP contribution in [0.25, 0.3) is 0 Å². The summed E-state index contributed by atoms with van der Waals surface area (Å²) in [6.07, 6.45) is 0. The van der Waals surface area contributed by atoms with Gasteiger partial charge in [-0.1, -0.05) is 11.6 Å². The van der Waals surface area contributed by atoms with Crippen molar-refractivity contribution in [3.63, 3.8) is 0 Å². The molecule has 0 atom stereocenters. The Hall–Kier alpha value is -2.24. The highest BCUT2D eigenvalue weighted by Gasteiger charge is 2.22. The number of hydrogen-bond acceptors (Lipinski definition) is 3. The highest BCUT2D eigenvalue weighted by molar-refractivity contribution is 6.30. The van der Waals surface area contributed by atoms with Gasteiger partial charge in [0, 0.05) is 16.4 Å². The Morgan fingerprint density at radius 1 is 1.20 bits per heavy atom. The van der Waals surface area contributed by atoms with Gasteiger partial charge >= 0.3 is 0 Å². The first-order chi connectivity index (χ1) is 12.0. The average Bonchev–Trinajstić information content (AvgIpc) is 2.59. The summed E-state index contributed by atoms with van der Waals surface area (Å²) in [7, 11) is 0. The zero-order chi connectivity index (χ0) is 17.8. The topological polar surface area (TPSA) is 57.0 Å². The molecule has 1 aliphatic heterocycles. The number of benzene rings is 2. The number of nitrogens with one attached hydrogen (secondary N) is 2. The van der Waals surface area contributed by atoms with E-state index < -0.39 is 0 Å². The van der Waals surface area contributed by atoms with Crippen LogP contribution in [0.4, 0.5) is 11.4 Å². The van der Waals surface area contributed by atoms with E-state index in [2.05, 4.69) is 10.2 Å². The molecule has 1 fully saturated rings. The van der Waals surface area contributed by atoms with E-state index in [9.17, 15) is 9.90 Å². The molecule has 132 valence electrons. The molecule has 0 spiro atoms. The molecular weight excluding hydrogens is 338 g/mol. The van der Waals surface area contributed by atoms with Crippen LogP contribution in [0.1, 0.15) is 5.56 Å². The predicted octanol–water partition coefficient (Wildman–Crippen LogP) is 1.70. The second kappa shape index (κ2) is 7.76. The van der Waals surface area contributed by atoms with E-state index in [-0.39, 0.29) is 11.7 Å². The summed E-state index contributed by atoms with van der Waals surface area (Å²) in [6, 6.07) is 12.7. The molecule has 1 aliphatic rings. The SMILES string of the molecule is Cc1cc(Cl)ccc1NC(=O)C[NH+]1CCN(c2ccc(O)cc2)CC1. The number of phenolic OH excluding ortho intramolecular Hbond substituents is 1. The van der Waals surface area contributed by atoms with Gasteiger partial charge in [-0.15, -0.1) is 0 Å². The quantitative estimate of drug-likeness (QED) is 0.778. The van der Waals surface area contributed by atoms with E-state index in [0.717, 1.165) is 43.1 Å². The van der Waals surface area contributed by atoms with Crippen LogP contribution in [0, 0.1) is 6.92 Å². The molecule has 0 aromatic heterocycles. The number of phenols is 1. The minimum Gasteiger partial charge on any atom is -0.508 e. The van der Waals surface area contributed by atoms with E-state index in [1.165, 1.54) is 4.90 Å². The van der Waals surface area contributed by atoms with Gasteiger partial charge in [0.05, 0.1) is 26.2 Å². The molecular formula is C19H23ClN3O2+. The minimum atomic E-state index is 0.0264. The maximum Gasteiger partial charge on any atom is 0.279 e. The number of halogens is 1. The van der Waals surface area contributed by atoms with Crippen LogP contribution in [0.2, 0.25) is 5.02 Å². The van der Waals surface area contributed by atoms with Gasteiger partial charge in [0.2, 0.25) is 0 Å². The Morgan fingerprint density at radius 2 is 1.88 bits per heavy atom. The predicted molar refractivity (Wildman–Crippen MR) is 101 cm³/mol. The third-order valence-electron chi connectivity index (χ3n) is 4.56. The fourth-order valence-corrected chi connectivity index (χ4v) is 3.34. The van der Waals surface area contributed by atoms with Crippen LogP contribution >= 0.6 is 11.6 Å². The molecule has 0 aliphatic carbocycles. The number of anilines is 2. The van der Waals surface area contributed by atoms with Crippen molar-refractivity contribution in [2.24, 2.45) is 0 Å². The molecule has 1 heterocycles. The smallest absolute Gasteiger partial charge is 0.279 e. The summed E-state index contributed by atoms with van der Waals surface area (Å²) >= 11 is 5.95. The molecule has 0 bridgehead atoms. The maximum atomic E-state index is 12.3. The number of aromatic hydroxyl groups is 1. The molecule has 3 rings (SSSR count). The van der Waals surface area contributed by atoms with Crippen LogP contribution < -0.4 is 15.1 Å². The monoisotopic (exact) mass is 360 g/mol. The lowest BCUT2D eigenvalue weighted by molar-refractivity contribution is -0.892. The van der Waals surface area contributed by atoms with Gasteiger partial charge in [-0.3, -0.25) is 4.79 Å². The van der Waals surface area contributed by atoms with Gasteiger partial charge in [-0.2, -0.15) is 0 Å². The molecule has 1 saturated heterocycles. The van der Waals surface area contributed by atoms with Crippen LogP contribution in [-0.2, 0) is 4.79 Å². The average molecular weight is 361 g/mol. The zero-order valence-corrected chi connectivity index (χ0v) is 15.0. The first-order valence-corrected chi connectivity index (χ1v) is 8.82. The zero-order valence-electron chi connectivity index (χ0n) is 14.3. The fraction of sp³-hybridized carbons (Fsp3) is 0.316. The van der Waals surface area contributed by atoms with Crippen molar-refractivity contribution in [2.75, 3.05) is 42.9 Å². The maximum absolute atomic E-state index is 12.3. The second-order valence-electron chi connectivity index (χ2n) is 6.44. The lowest BCUT2D eigenvalue weighted by Gasteiger charge is -2.33. The van der Waals surface area contributed by atoms with Crippen molar-refractivity contribution in [2.45, 2.75) is 6.92 Å². The lowest BCUT2D eigenvalue weighted by atomic mass is 10.2. The Morgan fingerprint density at radius 3 is 2.52 bits per heavy atom. The molecule has 0 saturated carbocycles. The van der Waals surface area contributed by atoms with Crippen LogP contribution in [0.5, 0.6) is 5.75 Å². The molecule has 0 unspecified atom stereocenters. The van der Waals surface area contributed by atoms with Crippen molar-refractivity contribution < 1.29 is 14.8 Å². The highest BCUT2D eigenvalue weighted by atomic mass is 35.5. The van der Waals surface area contributed by atoms with Crippen molar-refractivity contribution in [3.05, 3.63) is 53.1 Å². The van der Waals surface area contributed by atoms with Crippen molar-refractivity contribution in [1.82, 2.24) is 0 Å². The summed E-state index contributed by atoms with van der Waals surface area (Å²) < 4.78 is 0. The van der Waals surface area contributed by atoms with Gasteiger partial charge in [-0.05, 0) is 55.0 Å². The molecule has 1 amide bonds. The third-order valence-corrected chi connectivity index (χ3v) is 4.79. The Labute approximate surface area is 152 Å². The minimum absolute atomic E-state index is 0.0264. The van der Waals surface area contributed by atoms with Crippen LogP contribution in [0.15, 0.2) is 42.5 Å². The number of rotatable bonds is 4. The van der Waals surface area contributed by atoms with Gasteiger partial charge < -0.3 is 20.2 Å². The van der Waals surface area contributed by atoms with Gasteiger partial charge in [-0.25, -0.2) is 0 Å². The number of quaternary nitrogens is 1. The van der Waals surface area contributed by atoms with E-state index in [1.54, 1.807) is 18.2 Å². The van der Waals surface area contributed by atoms with E-state index in [0.29, 0.717) is 11.6 Å². The standard InChI is InChI=1S/C19H22ClN3O2/c1-14-12-15(20)2-7-18(14)21-19(25)13-22-8-10-23(11-9-22)16-3-5-17(24)6-4-16/h2-7,12,24H,8-11,13H2,1H3,(H,21,25)/p+1. The van der Waals surface area contributed by atoms with Crippen LogP contribution in [-0.4, -0.2) is 43.7 Å². The molecule has 25 heavy (non-hydrogen) atoms. The van der Waals surface area contributed by atoms with Gasteiger partial charge in [0.25, 0.3) is 5.91 Å². The lowest BCUT2D eigenvalue weighted by Crippen LogP contribution is -3.15. The number of carbonyl (C=O) groups is 1. The van der Waals surface area contributed by atoms with Crippen LogP contribution in [0.3, 0.4) is 0 Å². The molecule has 5 nitrogen and oxygen atoms in total. The summed E-state index contributed by atoms with van der Waals surface area (Å²) in [4.78, 5) is 15.9. The molecule has 2 aromatic carbocycles. The molecule has 2 aromatic rings. The Kier molecular flexibility index (Phi) is 5.46. The Bertz CT molecular complexity index is 741. The van der Waals surface area contributed by atoms with E-state index in [1.807, 2.05) is 31.2 Å². The summed E-state index contributed by atoms with van der Waals surface area (Å²) in [5, 5.41) is 13.0. The number of hydrogen-bond donors (Lipinski definition) is 3. The molecule has 6 heteroatoms. The first-order valence-electron chi connectivity index (χ1n) is 8.45. The van der Waals surface area contributed by atoms with Gasteiger partial charge in [0.1, 0.15) is 5.75 Å². The Balaban J connectivity index is 1.50. The van der Waals surface area contributed by atoms with Crippen molar-refractivity contribution in [1.29, 1.82) is 0 Å². The summed E-state index contributed by atoms with van der Waals surface area (Å²) in [5.41, 5.74) is 2.89. The largest absolute Gasteiger partial charge is 0.508 e. The fourth-order valence-electron chi connectivity index (χ4n) is 3.11. The molecule has 3 N–H and O–H groups in total. The number of aryl methyl sites for hydroxylation is 1. The summed E-state index contributed by atoms with van der Waals surface area (Å²) in [5.74, 6) is 0.306. The second-order valence-corrected chi connectivity index (χ2v) is 6.87. The number of amides is 1. The normalized spacial score (nSPS) is 15.2. The highest BCUT2D eigenvalue weighted by Crippen LogP contribution is 2.19. The number of nitrogens with zero attached hydrogens (tertiary/aromatic N) is 1. The molecule has 0 radical (unpaired) electrons. The van der Waals surface area contributed by atoms with E-state index >= 15 is 0 Å². The first kappa shape index (κ1) is 17.6. The van der Waals surface area contributed by atoms with Crippen molar-refractivity contribution >= 4 is 28.9 Å². The van der Waals surface area contributed by atoms with Crippen molar-refractivity contribution in [3.8, 4) is 5.75 Å². The number of piperazine rings is 1. The van der Waals surface area contributed by atoms with Gasteiger partial charge in [0.15, 0.2) is 6.54 Å². The van der Waals surface area contributed by atoms with E-state index in [4.69, 9.17) is 11.6 Å². The summed E-state index contributed by atoms with van der Waals surface area (Å²) in [6.45, 7) is 6.01.